The van der Waals surface area contributed by atoms with Gasteiger partial charge in [0.05, 0.1) is 11.9 Å². The maximum absolute atomic E-state index is 4.40. The van der Waals surface area contributed by atoms with Gasteiger partial charge in [-0.1, -0.05) is 30.3 Å². The van der Waals surface area contributed by atoms with Crippen molar-refractivity contribution in [2.45, 2.75) is 13.0 Å². The Kier molecular flexibility index (Phi) is 4.58. The van der Waals surface area contributed by atoms with Crippen molar-refractivity contribution < 1.29 is 0 Å². The molecule has 0 atom stereocenters. The lowest BCUT2D eigenvalue weighted by Gasteiger charge is -2.12. The summed E-state index contributed by atoms with van der Waals surface area (Å²) >= 11 is 0. The largest absolute Gasteiger partial charge is 0.348 e. The number of benzene rings is 1. The maximum atomic E-state index is 4.40. The zero-order chi connectivity index (χ0) is 13.7. The zero-order valence-electron chi connectivity index (χ0n) is 11.9. The van der Waals surface area contributed by atoms with Gasteiger partial charge in [-0.05, 0) is 18.5 Å². The van der Waals surface area contributed by atoms with Crippen LogP contribution in [0.3, 0.4) is 0 Å². The summed E-state index contributed by atoms with van der Waals surface area (Å²) in [5.74, 6) is 0.986. The predicted molar refractivity (Wildman–Crippen MR) is 79.4 cm³/mol. The smallest absolute Gasteiger partial charge is 0.204 e. The highest BCUT2D eigenvalue weighted by atomic mass is 15.3. The normalized spacial score (nSPS) is 10.7. The third-order valence-electron chi connectivity index (χ3n) is 3.20. The van der Waals surface area contributed by atoms with Gasteiger partial charge >= 0.3 is 0 Å². The summed E-state index contributed by atoms with van der Waals surface area (Å²) < 4.78 is 2.12. The number of rotatable bonds is 6. The van der Waals surface area contributed by atoms with Gasteiger partial charge in [0.2, 0.25) is 5.95 Å². The molecule has 1 N–H and O–H groups in total. The number of aromatic nitrogens is 2. The minimum absolute atomic E-state index is 0.851. The van der Waals surface area contributed by atoms with Crippen LogP contribution in [-0.4, -0.2) is 30.2 Å². The quantitative estimate of drug-likeness (QED) is 0.802. The third kappa shape index (κ3) is 3.58. The molecule has 1 aromatic heterocycles. The van der Waals surface area contributed by atoms with E-state index in [0.717, 1.165) is 25.5 Å². The van der Waals surface area contributed by atoms with E-state index in [4.69, 9.17) is 0 Å². The van der Waals surface area contributed by atoms with Crippen LogP contribution in [0.2, 0.25) is 0 Å². The molecular weight excluding hydrogens is 236 g/mol. The Balaban J connectivity index is 1.80. The van der Waals surface area contributed by atoms with Crippen LogP contribution in [0.5, 0.6) is 0 Å². The Hall–Kier alpha value is -1.81. The van der Waals surface area contributed by atoms with Crippen LogP contribution < -0.4 is 10.2 Å². The summed E-state index contributed by atoms with van der Waals surface area (Å²) in [5, 5.41) is 3.46. The Morgan fingerprint density at radius 2 is 1.95 bits per heavy atom. The molecule has 0 amide bonds. The van der Waals surface area contributed by atoms with E-state index in [0.29, 0.717) is 0 Å². The van der Waals surface area contributed by atoms with E-state index in [-0.39, 0.29) is 0 Å². The summed E-state index contributed by atoms with van der Waals surface area (Å²) in [4.78, 5) is 6.42. The van der Waals surface area contributed by atoms with E-state index < -0.39 is 0 Å². The van der Waals surface area contributed by atoms with Crippen LogP contribution in [0.25, 0.3) is 0 Å². The first-order valence-corrected chi connectivity index (χ1v) is 6.61. The van der Waals surface area contributed by atoms with Gasteiger partial charge < -0.3 is 14.8 Å². The molecule has 0 saturated carbocycles. The second-order valence-electron chi connectivity index (χ2n) is 4.92. The molecule has 1 aromatic carbocycles. The predicted octanol–water partition coefficient (Wildman–Crippen LogP) is 1.82. The van der Waals surface area contributed by atoms with Crippen molar-refractivity contribution in [1.82, 2.24) is 14.9 Å². The van der Waals surface area contributed by atoms with Crippen LogP contribution in [0.15, 0.2) is 36.5 Å². The molecule has 0 spiro atoms. The van der Waals surface area contributed by atoms with Crippen molar-refractivity contribution in [2.75, 3.05) is 25.5 Å². The molecule has 0 bridgehead atoms. The first kappa shape index (κ1) is 13.6. The summed E-state index contributed by atoms with van der Waals surface area (Å²) in [7, 11) is 6.07. The Morgan fingerprint density at radius 3 is 2.58 bits per heavy atom. The van der Waals surface area contributed by atoms with Gasteiger partial charge in [-0.2, -0.15) is 0 Å². The Bertz CT molecular complexity index is 502. The van der Waals surface area contributed by atoms with E-state index >= 15 is 0 Å². The molecule has 2 rings (SSSR count). The van der Waals surface area contributed by atoms with E-state index in [1.807, 2.05) is 25.2 Å². The Labute approximate surface area is 115 Å². The molecule has 2 aromatic rings. The molecule has 0 radical (unpaired) electrons. The van der Waals surface area contributed by atoms with Gasteiger partial charge in [-0.3, -0.25) is 0 Å². The van der Waals surface area contributed by atoms with Gasteiger partial charge in [0, 0.05) is 27.7 Å². The third-order valence-corrected chi connectivity index (χ3v) is 3.20. The van der Waals surface area contributed by atoms with Crippen molar-refractivity contribution in [3.05, 3.63) is 47.8 Å². The van der Waals surface area contributed by atoms with Crippen LogP contribution in [0.4, 0.5) is 5.95 Å². The topological polar surface area (TPSA) is 33.1 Å². The highest BCUT2D eigenvalue weighted by Crippen LogP contribution is 2.10. The fraction of sp³-hybridized carbons (Fsp3) is 0.400. The standard InChI is InChI=1S/C15H22N4/c1-18(2)15-17-12-14(19(15)3)11-16-10-9-13-7-5-4-6-8-13/h4-8,12,16H,9-11H2,1-3H3. The molecule has 19 heavy (non-hydrogen) atoms. The molecule has 0 aliphatic heterocycles. The van der Waals surface area contributed by atoms with Gasteiger partial charge in [0.1, 0.15) is 0 Å². The second kappa shape index (κ2) is 6.38. The molecule has 102 valence electrons. The van der Waals surface area contributed by atoms with E-state index in [1.54, 1.807) is 0 Å². The number of nitrogens with zero attached hydrogens (tertiary/aromatic N) is 3. The summed E-state index contributed by atoms with van der Waals surface area (Å²) in [5.41, 5.74) is 2.57. The number of hydrogen-bond acceptors (Lipinski definition) is 3. The SMILES string of the molecule is CN(C)c1ncc(CNCCc2ccccc2)n1C. The lowest BCUT2D eigenvalue weighted by Crippen LogP contribution is -2.20. The van der Waals surface area contributed by atoms with Crippen LogP contribution >= 0.6 is 0 Å². The van der Waals surface area contributed by atoms with Crippen LogP contribution in [0, 0.1) is 0 Å². The molecule has 4 nitrogen and oxygen atoms in total. The van der Waals surface area contributed by atoms with E-state index in [9.17, 15) is 0 Å². The maximum Gasteiger partial charge on any atom is 0.204 e. The second-order valence-corrected chi connectivity index (χ2v) is 4.92. The van der Waals surface area contributed by atoms with Crippen molar-refractivity contribution >= 4 is 5.95 Å². The molecule has 0 aliphatic rings. The molecular formula is C15H22N4. The number of nitrogens with one attached hydrogen (secondary N) is 1. The van der Waals surface area contributed by atoms with Crippen molar-refractivity contribution in [3.8, 4) is 0 Å². The van der Waals surface area contributed by atoms with Crippen LogP contribution in [-0.2, 0) is 20.0 Å². The molecule has 4 heteroatoms. The first-order chi connectivity index (χ1) is 9.18. The highest BCUT2D eigenvalue weighted by molar-refractivity contribution is 5.30. The molecule has 0 aliphatic carbocycles. The minimum atomic E-state index is 0.851. The molecule has 0 saturated heterocycles. The van der Waals surface area contributed by atoms with Crippen molar-refractivity contribution in [2.24, 2.45) is 7.05 Å². The first-order valence-electron chi connectivity index (χ1n) is 6.61. The number of imidazole rings is 1. The minimum Gasteiger partial charge on any atom is -0.348 e. The Morgan fingerprint density at radius 1 is 1.21 bits per heavy atom. The zero-order valence-corrected chi connectivity index (χ0v) is 11.9. The average molecular weight is 258 g/mol. The summed E-state index contributed by atoms with van der Waals surface area (Å²) in [6.45, 7) is 1.83. The fourth-order valence-corrected chi connectivity index (χ4v) is 2.11. The summed E-state index contributed by atoms with van der Waals surface area (Å²) in [6, 6.07) is 10.5. The van der Waals surface area contributed by atoms with Crippen molar-refractivity contribution in [3.63, 3.8) is 0 Å². The van der Waals surface area contributed by atoms with Gasteiger partial charge in [-0.25, -0.2) is 4.98 Å². The van der Waals surface area contributed by atoms with Gasteiger partial charge in [0.25, 0.3) is 0 Å². The van der Waals surface area contributed by atoms with Gasteiger partial charge in [-0.15, -0.1) is 0 Å². The average Bonchev–Trinajstić information content (AvgIpc) is 2.77. The highest BCUT2D eigenvalue weighted by Gasteiger charge is 2.06. The number of anilines is 1. The van der Waals surface area contributed by atoms with E-state index in [1.165, 1.54) is 11.3 Å². The van der Waals surface area contributed by atoms with Gasteiger partial charge in [0.15, 0.2) is 0 Å². The van der Waals surface area contributed by atoms with Crippen molar-refractivity contribution in [1.29, 1.82) is 0 Å². The lowest BCUT2D eigenvalue weighted by molar-refractivity contribution is 0.652. The lowest BCUT2D eigenvalue weighted by atomic mass is 10.1. The van der Waals surface area contributed by atoms with Crippen LogP contribution in [0.1, 0.15) is 11.3 Å². The fourth-order valence-electron chi connectivity index (χ4n) is 2.11. The molecule has 0 unspecified atom stereocenters. The number of hydrogen-bond donors (Lipinski definition) is 1. The summed E-state index contributed by atoms with van der Waals surface area (Å²) in [6.07, 6.45) is 2.99. The monoisotopic (exact) mass is 258 g/mol. The van der Waals surface area contributed by atoms with E-state index in [2.05, 4.69) is 52.2 Å². The molecule has 1 heterocycles. The molecule has 0 fully saturated rings.